The van der Waals surface area contributed by atoms with Gasteiger partial charge >= 0.3 is 0 Å². The van der Waals surface area contributed by atoms with E-state index in [1.807, 2.05) is 18.2 Å². The smallest absolute Gasteiger partial charge is 0.220 e. The van der Waals surface area contributed by atoms with Gasteiger partial charge in [-0.1, -0.05) is 47.0 Å². The summed E-state index contributed by atoms with van der Waals surface area (Å²) in [5.41, 5.74) is 0.891. The molecule has 1 aromatic rings. The Hall–Kier alpha value is -0.870. The second-order valence-corrected chi connectivity index (χ2v) is 6.49. The summed E-state index contributed by atoms with van der Waals surface area (Å²) in [6, 6.07) is 8.10. The van der Waals surface area contributed by atoms with Crippen LogP contribution in [0.15, 0.2) is 28.7 Å². The zero-order valence-corrected chi connectivity index (χ0v) is 13.3. The number of benzene rings is 1. The molecular weight excluding hydrogens is 318 g/mol. The first-order valence-electron chi connectivity index (χ1n) is 7.30. The van der Waals surface area contributed by atoms with E-state index in [1.54, 1.807) is 0 Å². The van der Waals surface area contributed by atoms with Gasteiger partial charge in [0.05, 0.1) is 12.1 Å². The number of halogens is 1. The molecule has 0 spiro atoms. The molecule has 0 aliphatic heterocycles. The van der Waals surface area contributed by atoms with Gasteiger partial charge in [-0.3, -0.25) is 4.79 Å². The van der Waals surface area contributed by atoms with Gasteiger partial charge in [0.15, 0.2) is 0 Å². The highest BCUT2D eigenvalue weighted by Gasteiger charge is 2.34. The van der Waals surface area contributed by atoms with Crippen LogP contribution in [0.25, 0.3) is 0 Å². The maximum Gasteiger partial charge on any atom is 0.220 e. The van der Waals surface area contributed by atoms with Crippen molar-refractivity contribution in [1.82, 2.24) is 5.32 Å². The van der Waals surface area contributed by atoms with Crippen LogP contribution < -0.4 is 5.32 Å². The first kappa shape index (κ1) is 15.5. The van der Waals surface area contributed by atoms with Crippen molar-refractivity contribution in [2.45, 2.75) is 50.5 Å². The Bertz CT molecular complexity index is 456. The lowest BCUT2D eigenvalue weighted by Gasteiger charge is -2.28. The number of amides is 1. The average molecular weight is 340 g/mol. The summed E-state index contributed by atoms with van der Waals surface area (Å²) in [5, 5.41) is 12.5. The van der Waals surface area contributed by atoms with Crippen LogP contribution in [-0.4, -0.2) is 23.2 Å². The molecule has 0 atom stereocenters. The number of hydrogen-bond donors (Lipinski definition) is 2. The summed E-state index contributed by atoms with van der Waals surface area (Å²) in [4.78, 5) is 12.0. The van der Waals surface area contributed by atoms with Gasteiger partial charge in [-0.15, -0.1) is 0 Å². The minimum absolute atomic E-state index is 0.0585. The third kappa shape index (κ3) is 4.06. The Labute approximate surface area is 128 Å². The Morgan fingerprint density at radius 3 is 2.65 bits per heavy atom. The van der Waals surface area contributed by atoms with Crippen molar-refractivity contribution in [2.75, 3.05) is 6.61 Å². The number of carbonyl (C=O) groups excluding carboxylic acids is 1. The maximum absolute atomic E-state index is 12.0. The number of aliphatic hydroxyl groups excluding tert-OH is 1. The van der Waals surface area contributed by atoms with E-state index in [1.165, 1.54) is 5.56 Å². The normalized spacial score (nSPS) is 17.1. The van der Waals surface area contributed by atoms with Gasteiger partial charge in [-0.2, -0.15) is 0 Å². The predicted molar refractivity (Wildman–Crippen MR) is 83.5 cm³/mol. The molecule has 0 aromatic heterocycles. The highest BCUT2D eigenvalue weighted by molar-refractivity contribution is 9.10. The Morgan fingerprint density at radius 2 is 2.00 bits per heavy atom. The van der Waals surface area contributed by atoms with Crippen LogP contribution in [0.3, 0.4) is 0 Å². The van der Waals surface area contributed by atoms with E-state index >= 15 is 0 Å². The van der Waals surface area contributed by atoms with Crippen molar-refractivity contribution in [2.24, 2.45) is 0 Å². The fourth-order valence-electron chi connectivity index (χ4n) is 2.87. The molecule has 1 aromatic carbocycles. The van der Waals surface area contributed by atoms with Crippen molar-refractivity contribution in [3.63, 3.8) is 0 Å². The minimum Gasteiger partial charge on any atom is -0.394 e. The fourth-order valence-corrected chi connectivity index (χ4v) is 3.36. The van der Waals surface area contributed by atoms with Gasteiger partial charge in [-0.05, 0) is 37.3 Å². The molecule has 110 valence electrons. The molecule has 2 N–H and O–H groups in total. The third-order valence-corrected chi connectivity index (χ3v) is 4.85. The number of nitrogens with one attached hydrogen (secondary N) is 1. The number of hydrogen-bond acceptors (Lipinski definition) is 2. The van der Waals surface area contributed by atoms with Gasteiger partial charge in [0.1, 0.15) is 0 Å². The molecule has 1 fully saturated rings. The maximum atomic E-state index is 12.0. The molecule has 20 heavy (non-hydrogen) atoms. The zero-order valence-electron chi connectivity index (χ0n) is 11.7. The quantitative estimate of drug-likeness (QED) is 0.836. The Morgan fingerprint density at radius 1 is 1.30 bits per heavy atom. The van der Waals surface area contributed by atoms with Crippen LogP contribution in [0.5, 0.6) is 0 Å². The van der Waals surface area contributed by atoms with Crippen LogP contribution in [-0.2, 0) is 11.2 Å². The number of carbonyl (C=O) groups is 1. The molecule has 0 unspecified atom stereocenters. The Kier molecular flexibility index (Phi) is 5.61. The summed E-state index contributed by atoms with van der Waals surface area (Å²) in [6.45, 7) is 0.0585. The monoisotopic (exact) mass is 339 g/mol. The van der Waals surface area contributed by atoms with Crippen molar-refractivity contribution in [3.8, 4) is 0 Å². The van der Waals surface area contributed by atoms with Gasteiger partial charge in [0.25, 0.3) is 0 Å². The lowest BCUT2D eigenvalue weighted by molar-refractivity contribution is -0.123. The highest BCUT2D eigenvalue weighted by Crippen LogP contribution is 2.29. The van der Waals surface area contributed by atoms with Crippen LogP contribution >= 0.6 is 15.9 Å². The molecule has 4 heteroatoms. The van der Waals surface area contributed by atoms with Gasteiger partial charge < -0.3 is 10.4 Å². The van der Waals surface area contributed by atoms with E-state index in [9.17, 15) is 9.90 Å². The van der Waals surface area contributed by atoms with E-state index in [2.05, 4.69) is 27.3 Å². The molecule has 1 aliphatic rings. The molecule has 0 radical (unpaired) electrons. The molecular formula is C16H22BrNO2. The van der Waals surface area contributed by atoms with Crippen molar-refractivity contribution in [1.29, 1.82) is 0 Å². The summed E-state index contributed by atoms with van der Waals surface area (Å²) in [7, 11) is 0. The SMILES string of the molecule is O=C(CCCc1ccccc1Br)NC1(CO)CCCC1. The second kappa shape index (κ2) is 7.23. The average Bonchev–Trinajstić information content (AvgIpc) is 2.90. The van der Waals surface area contributed by atoms with E-state index in [0.717, 1.165) is 43.0 Å². The summed E-state index contributed by atoms with van der Waals surface area (Å²) in [6.07, 6.45) is 6.23. The zero-order chi connectivity index (χ0) is 14.4. The molecule has 1 aliphatic carbocycles. The van der Waals surface area contributed by atoms with Crippen molar-refractivity contribution < 1.29 is 9.90 Å². The highest BCUT2D eigenvalue weighted by atomic mass is 79.9. The molecule has 3 nitrogen and oxygen atoms in total. The fraction of sp³-hybridized carbons (Fsp3) is 0.562. The van der Waals surface area contributed by atoms with E-state index < -0.39 is 0 Å². The molecule has 0 heterocycles. The van der Waals surface area contributed by atoms with Crippen LogP contribution in [0.4, 0.5) is 0 Å². The van der Waals surface area contributed by atoms with Gasteiger partial charge in [-0.25, -0.2) is 0 Å². The first-order chi connectivity index (χ1) is 9.65. The standard InChI is InChI=1S/C16H22BrNO2/c17-14-8-2-1-6-13(14)7-5-9-15(20)18-16(12-19)10-3-4-11-16/h1-2,6,8,19H,3-5,7,9-12H2,(H,18,20). The Balaban J connectivity index is 1.77. The molecule has 1 amide bonds. The topological polar surface area (TPSA) is 49.3 Å². The largest absolute Gasteiger partial charge is 0.394 e. The summed E-state index contributed by atoms with van der Waals surface area (Å²) >= 11 is 3.52. The summed E-state index contributed by atoms with van der Waals surface area (Å²) < 4.78 is 1.10. The molecule has 1 saturated carbocycles. The third-order valence-electron chi connectivity index (χ3n) is 4.08. The molecule has 0 bridgehead atoms. The second-order valence-electron chi connectivity index (χ2n) is 5.64. The lowest BCUT2D eigenvalue weighted by Crippen LogP contribution is -2.49. The molecule has 0 saturated heterocycles. The first-order valence-corrected chi connectivity index (χ1v) is 8.10. The number of aliphatic hydroxyl groups is 1. The van der Waals surface area contributed by atoms with Gasteiger partial charge in [0, 0.05) is 10.9 Å². The van der Waals surface area contributed by atoms with Crippen LogP contribution in [0.2, 0.25) is 0 Å². The minimum atomic E-state index is -0.343. The van der Waals surface area contributed by atoms with E-state index in [-0.39, 0.29) is 18.1 Å². The lowest BCUT2D eigenvalue weighted by atomic mass is 9.98. The molecule has 2 rings (SSSR count). The number of aryl methyl sites for hydroxylation is 1. The van der Waals surface area contributed by atoms with Crippen LogP contribution in [0.1, 0.15) is 44.1 Å². The van der Waals surface area contributed by atoms with Gasteiger partial charge in [0.2, 0.25) is 5.91 Å². The van der Waals surface area contributed by atoms with E-state index in [0.29, 0.717) is 6.42 Å². The van der Waals surface area contributed by atoms with Crippen molar-refractivity contribution in [3.05, 3.63) is 34.3 Å². The van der Waals surface area contributed by atoms with Crippen molar-refractivity contribution >= 4 is 21.8 Å². The number of rotatable bonds is 6. The van der Waals surface area contributed by atoms with Crippen LogP contribution in [0, 0.1) is 0 Å². The predicted octanol–water partition coefficient (Wildman–Crippen LogP) is 3.19. The summed E-state index contributed by atoms with van der Waals surface area (Å²) in [5.74, 6) is 0.0630. The van der Waals surface area contributed by atoms with E-state index in [4.69, 9.17) is 0 Å².